The summed E-state index contributed by atoms with van der Waals surface area (Å²) in [6.45, 7) is 4.02. The molecule has 0 spiro atoms. The Bertz CT molecular complexity index is 1480. The van der Waals surface area contributed by atoms with Crippen LogP contribution in [-0.4, -0.2) is 28.3 Å². The minimum absolute atomic E-state index is 0.0954. The third kappa shape index (κ3) is 3.87. The molecule has 0 aliphatic carbocycles. The standard InChI is InChI=1S/C27H22BrN3O2/c1-16-12-17(2)29-21(16)14-23-26(33-3)15-22(30-23)25-13-19-6-4-5-7-24(19)31(25)27(32)18-8-10-20(28)11-9-18/h4-15,30H,1-3H3. The van der Waals surface area contributed by atoms with Crippen molar-refractivity contribution in [1.29, 1.82) is 0 Å². The molecule has 5 rings (SSSR count). The maximum Gasteiger partial charge on any atom is 0.262 e. The van der Waals surface area contributed by atoms with E-state index in [4.69, 9.17) is 4.74 Å². The van der Waals surface area contributed by atoms with E-state index in [-0.39, 0.29) is 5.91 Å². The summed E-state index contributed by atoms with van der Waals surface area (Å²) in [6.07, 6.45) is 4.03. The average molecular weight is 500 g/mol. The minimum atomic E-state index is -0.0954. The highest BCUT2D eigenvalue weighted by Gasteiger charge is 2.21. The highest BCUT2D eigenvalue weighted by Crippen LogP contribution is 2.34. The van der Waals surface area contributed by atoms with E-state index in [2.05, 4.69) is 32.0 Å². The Morgan fingerprint density at radius 2 is 1.85 bits per heavy atom. The highest BCUT2D eigenvalue weighted by atomic mass is 79.9. The van der Waals surface area contributed by atoms with Crippen molar-refractivity contribution in [3.8, 4) is 17.1 Å². The van der Waals surface area contributed by atoms with Crippen molar-refractivity contribution in [3.05, 3.63) is 93.7 Å². The molecule has 2 aromatic carbocycles. The van der Waals surface area contributed by atoms with E-state index in [0.717, 1.165) is 49.4 Å². The maximum atomic E-state index is 13.6. The number of nitrogens with one attached hydrogen (secondary N) is 1. The zero-order valence-corrected chi connectivity index (χ0v) is 20.1. The van der Waals surface area contributed by atoms with Gasteiger partial charge in [0, 0.05) is 27.2 Å². The molecule has 1 N–H and O–H groups in total. The van der Waals surface area contributed by atoms with Crippen LogP contribution in [0.1, 0.15) is 29.9 Å². The van der Waals surface area contributed by atoms with Gasteiger partial charge in [-0.25, -0.2) is 0 Å². The van der Waals surface area contributed by atoms with Crippen LogP contribution in [0.15, 0.2) is 87.5 Å². The quantitative estimate of drug-likeness (QED) is 0.333. The summed E-state index contributed by atoms with van der Waals surface area (Å²) < 4.78 is 8.33. The molecule has 0 atom stereocenters. The Morgan fingerprint density at radius 3 is 2.55 bits per heavy atom. The number of hydrogen-bond acceptors (Lipinski definition) is 3. The third-order valence-electron chi connectivity index (χ3n) is 5.72. The number of carbonyl (C=O) groups excluding carboxylic acids is 1. The lowest BCUT2D eigenvalue weighted by molar-refractivity contribution is 0.0966. The molecular formula is C27H22BrN3O2. The summed E-state index contributed by atoms with van der Waals surface area (Å²) in [4.78, 5) is 21.7. The molecule has 0 saturated heterocycles. The lowest BCUT2D eigenvalue weighted by Crippen LogP contribution is -2.13. The van der Waals surface area contributed by atoms with Crippen LogP contribution in [0, 0.1) is 0 Å². The second kappa shape index (κ2) is 8.37. The smallest absolute Gasteiger partial charge is 0.262 e. The number of aromatic nitrogens is 2. The van der Waals surface area contributed by atoms with Crippen molar-refractivity contribution >= 4 is 44.5 Å². The lowest BCUT2D eigenvalue weighted by Gasteiger charge is -2.09. The fraction of sp³-hybridized carbons (Fsp3) is 0.111. The van der Waals surface area contributed by atoms with Gasteiger partial charge in [-0.15, -0.1) is 0 Å². The summed E-state index contributed by atoms with van der Waals surface area (Å²) in [5.41, 5.74) is 6.80. The zero-order chi connectivity index (χ0) is 23.1. The molecule has 33 heavy (non-hydrogen) atoms. The fourth-order valence-electron chi connectivity index (χ4n) is 4.14. The molecule has 1 aliphatic rings. The Kier molecular flexibility index (Phi) is 5.38. The predicted molar refractivity (Wildman–Crippen MR) is 137 cm³/mol. The van der Waals surface area contributed by atoms with E-state index in [0.29, 0.717) is 11.3 Å². The number of hydrogen-bond donors (Lipinski definition) is 1. The van der Waals surface area contributed by atoms with Gasteiger partial charge in [0.15, 0.2) is 0 Å². The molecule has 6 heteroatoms. The maximum absolute atomic E-state index is 13.6. The van der Waals surface area contributed by atoms with E-state index in [1.54, 1.807) is 11.7 Å². The van der Waals surface area contributed by atoms with Gasteiger partial charge >= 0.3 is 0 Å². The summed E-state index contributed by atoms with van der Waals surface area (Å²) in [5.74, 6) is 0.597. The summed E-state index contributed by atoms with van der Waals surface area (Å²) in [5, 5.41) is 0.987. The average Bonchev–Trinajstić information content (AvgIpc) is 3.48. The van der Waals surface area contributed by atoms with Gasteiger partial charge < -0.3 is 9.72 Å². The van der Waals surface area contributed by atoms with Gasteiger partial charge in [0.2, 0.25) is 0 Å². The lowest BCUT2D eigenvalue weighted by atomic mass is 10.2. The van der Waals surface area contributed by atoms with E-state index >= 15 is 0 Å². The van der Waals surface area contributed by atoms with Crippen LogP contribution in [0.2, 0.25) is 0 Å². The van der Waals surface area contributed by atoms with Crippen LogP contribution in [0.5, 0.6) is 5.75 Å². The van der Waals surface area contributed by atoms with Crippen molar-refractivity contribution in [2.75, 3.05) is 7.11 Å². The van der Waals surface area contributed by atoms with Gasteiger partial charge in [-0.3, -0.25) is 14.4 Å². The van der Waals surface area contributed by atoms with Crippen molar-refractivity contribution in [3.63, 3.8) is 0 Å². The fourth-order valence-corrected chi connectivity index (χ4v) is 4.40. The number of H-pyrrole nitrogens is 1. The number of allylic oxidation sites excluding steroid dienone is 2. The van der Waals surface area contributed by atoms with E-state index < -0.39 is 0 Å². The molecule has 164 valence electrons. The van der Waals surface area contributed by atoms with Gasteiger partial charge in [0.25, 0.3) is 5.91 Å². The molecule has 0 saturated carbocycles. The first-order valence-electron chi connectivity index (χ1n) is 10.6. The first-order chi connectivity index (χ1) is 15.9. The van der Waals surface area contributed by atoms with E-state index in [1.807, 2.05) is 80.6 Å². The molecule has 3 heterocycles. The van der Waals surface area contributed by atoms with Gasteiger partial charge in [0.1, 0.15) is 5.75 Å². The topological polar surface area (TPSA) is 59.4 Å². The van der Waals surface area contributed by atoms with Crippen LogP contribution in [0.3, 0.4) is 0 Å². The predicted octanol–water partition coefficient (Wildman–Crippen LogP) is 6.86. The Balaban J connectivity index is 1.67. The Labute approximate surface area is 200 Å². The molecule has 1 aliphatic heterocycles. The monoisotopic (exact) mass is 499 g/mol. The van der Waals surface area contributed by atoms with Crippen molar-refractivity contribution in [1.82, 2.24) is 9.55 Å². The molecule has 0 amide bonds. The van der Waals surface area contributed by atoms with Crippen molar-refractivity contribution in [2.45, 2.75) is 13.8 Å². The summed E-state index contributed by atoms with van der Waals surface area (Å²) in [6, 6.07) is 19.2. The van der Waals surface area contributed by atoms with Gasteiger partial charge in [0.05, 0.1) is 35.4 Å². The SMILES string of the molecule is COc1cc(-c2cc3ccccc3n2C(=O)c2ccc(Br)cc2)[nH]c1C=C1N=C(C)C=C1C. The largest absolute Gasteiger partial charge is 0.494 e. The zero-order valence-electron chi connectivity index (χ0n) is 18.5. The highest BCUT2D eigenvalue weighted by molar-refractivity contribution is 9.10. The number of para-hydroxylation sites is 1. The molecule has 4 aromatic rings. The first kappa shape index (κ1) is 21.2. The minimum Gasteiger partial charge on any atom is -0.494 e. The normalized spacial score (nSPS) is 14.6. The number of halogens is 1. The number of rotatable bonds is 4. The van der Waals surface area contributed by atoms with Crippen LogP contribution in [0.25, 0.3) is 28.4 Å². The van der Waals surface area contributed by atoms with Crippen LogP contribution >= 0.6 is 15.9 Å². The molecular weight excluding hydrogens is 478 g/mol. The Hall–Kier alpha value is -3.64. The molecule has 0 bridgehead atoms. The van der Waals surface area contributed by atoms with E-state index in [9.17, 15) is 4.79 Å². The number of carbonyl (C=O) groups is 1. The molecule has 0 radical (unpaired) electrons. The number of benzene rings is 2. The molecule has 0 unspecified atom stereocenters. The number of aliphatic imine (C=N–C) groups is 1. The van der Waals surface area contributed by atoms with E-state index in [1.165, 1.54) is 0 Å². The molecule has 2 aromatic heterocycles. The number of fused-ring (bicyclic) bond motifs is 1. The first-order valence-corrected chi connectivity index (χ1v) is 11.4. The summed E-state index contributed by atoms with van der Waals surface area (Å²) >= 11 is 3.44. The van der Waals surface area contributed by atoms with Gasteiger partial charge in [-0.05, 0) is 68.0 Å². The molecule has 0 fully saturated rings. The second-order valence-electron chi connectivity index (χ2n) is 8.01. The number of ether oxygens (including phenoxy) is 1. The van der Waals surface area contributed by atoms with Crippen LogP contribution in [0.4, 0.5) is 0 Å². The van der Waals surface area contributed by atoms with Gasteiger partial charge in [-0.2, -0.15) is 0 Å². The number of aromatic amines is 1. The second-order valence-corrected chi connectivity index (χ2v) is 8.93. The van der Waals surface area contributed by atoms with Crippen molar-refractivity contribution in [2.24, 2.45) is 4.99 Å². The Morgan fingerprint density at radius 1 is 1.09 bits per heavy atom. The number of methoxy groups -OCH3 is 1. The van der Waals surface area contributed by atoms with Crippen LogP contribution < -0.4 is 4.74 Å². The molecule has 5 nitrogen and oxygen atoms in total. The van der Waals surface area contributed by atoms with Gasteiger partial charge in [-0.1, -0.05) is 34.1 Å². The van der Waals surface area contributed by atoms with Crippen molar-refractivity contribution < 1.29 is 9.53 Å². The number of nitrogens with zero attached hydrogens (tertiary/aromatic N) is 2. The summed E-state index contributed by atoms with van der Waals surface area (Å²) in [7, 11) is 1.64. The van der Waals surface area contributed by atoms with Crippen LogP contribution in [-0.2, 0) is 0 Å². The third-order valence-corrected chi connectivity index (χ3v) is 6.25.